The van der Waals surface area contributed by atoms with E-state index >= 15 is 0 Å². The Kier molecular flexibility index (Phi) is 7.65. The Bertz CT molecular complexity index is 310. The summed E-state index contributed by atoms with van der Waals surface area (Å²) in [6.45, 7) is 4.02. The van der Waals surface area contributed by atoms with E-state index in [4.69, 9.17) is 9.53 Å². The summed E-state index contributed by atoms with van der Waals surface area (Å²) in [5, 5.41) is 0. The first-order valence-electron chi connectivity index (χ1n) is 3.63. The van der Waals surface area contributed by atoms with Crippen molar-refractivity contribution in [3.05, 3.63) is 29.8 Å². The van der Waals surface area contributed by atoms with E-state index in [-0.39, 0.29) is 0 Å². The van der Waals surface area contributed by atoms with E-state index in [0.717, 1.165) is 5.75 Å². The molecule has 74 valence electrons. The minimum Gasteiger partial charge on any atom is -0.405 e. The molecule has 0 aliphatic rings. The van der Waals surface area contributed by atoms with Gasteiger partial charge in [0.05, 0.1) is 0 Å². The lowest BCUT2D eigenvalue weighted by Crippen LogP contribution is -1.82. The SMILES string of the molecule is C=O.Cc1ccc(OC#COI)cc1. The van der Waals surface area contributed by atoms with Gasteiger partial charge in [-0.15, -0.1) is 0 Å². The Morgan fingerprint density at radius 3 is 2.29 bits per heavy atom. The molecule has 0 atom stereocenters. The van der Waals surface area contributed by atoms with Gasteiger partial charge in [0.1, 0.15) is 12.5 Å². The van der Waals surface area contributed by atoms with Crippen molar-refractivity contribution in [3.8, 4) is 18.0 Å². The van der Waals surface area contributed by atoms with Crippen LogP contribution < -0.4 is 4.74 Å². The van der Waals surface area contributed by atoms with Gasteiger partial charge in [-0.05, 0) is 19.1 Å². The molecule has 0 heterocycles. The molecule has 14 heavy (non-hydrogen) atoms. The van der Waals surface area contributed by atoms with Crippen LogP contribution >= 0.6 is 23.0 Å². The molecule has 4 heteroatoms. The van der Waals surface area contributed by atoms with Crippen molar-refractivity contribution in [1.29, 1.82) is 0 Å². The van der Waals surface area contributed by atoms with Crippen molar-refractivity contribution >= 4 is 29.8 Å². The summed E-state index contributed by atoms with van der Waals surface area (Å²) in [5.41, 5.74) is 1.19. The quantitative estimate of drug-likeness (QED) is 0.590. The number of rotatable bonds is 1. The molecule has 3 nitrogen and oxygen atoms in total. The molecule has 0 saturated heterocycles. The van der Waals surface area contributed by atoms with Crippen LogP contribution in [0.15, 0.2) is 24.3 Å². The second kappa shape index (κ2) is 8.38. The molecule has 0 saturated carbocycles. The van der Waals surface area contributed by atoms with Gasteiger partial charge >= 0.3 is 0 Å². The Balaban J connectivity index is 0.000000791. The van der Waals surface area contributed by atoms with Gasteiger partial charge in [-0.3, -0.25) is 0 Å². The largest absolute Gasteiger partial charge is 0.405 e. The van der Waals surface area contributed by atoms with Crippen LogP contribution in [-0.4, -0.2) is 6.79 Å². The molecule has 0 bridgehead atoms. The molecule has 0 amide bonds. The molecule has 0 N–H and O–H groups in total. The molecule has 1 aromatic carbocycles. The van der Waals surface area contributed by atoms with Crippen molar-refractivity contribution in [2.45, 2.75) is 6.92 Å². The number of halogens is 1. The third kappa shape index (κ3) is 5.43. The molecule has 0 radical (unpaired) electrons. The normalized spacial score (nSPS) is 7.29. The first-order valence-corrected chi connectivity index (χ1v) is 4.51. The van der Waals surface area contributed by atoms with Gasteiger partial charge in [0.15, 0.2) is 12.2 Å². The predicted molar refractivity (Wildman–Crippen MR) is 61.8 cm³/mol. The van der Waals surface area contributed by atoms with E-state index in [1.54, 1.807) is 23.0 Å². The zero-order valence-electron chi connectivity index (χ0n) is 7.62. The highest BCUT2D eigenvalue weighted by molar-refractivity contribution is 14.1. The topological polar surface area (TPSA) is 35.5 Å². The second-order valence-electron chi connectivity index (χ2n) is 2.20. The Morgan fingerprint density at radius 2 is 1.79 bits per heavy atom. The average molecular weight is 304 g/mol. The molecule has 0 aromatic heterocycles. The number of hydrogen-bond acceptors (Lipinski definition) is 3. The Morgan fingerprint density at radius 1 is 1.21 bits per heavy atom. The lowest BCUT2D eigenvalue weighted by Gasteiger charge is -1.95. The fraction of sp³-hybridized carbons (Fsp3) is 0.100. The van der Waals surface area contributed by atoms with Crippen LogP contribution in [0, 0.1) is 19.1 Å². The zero-order chi connectivity index (χ0) is 10.8. The predicted octanol–water partition coefficient (Wildman–Crippen LogP) is 2.47. The van der Waals surface area contributed by atoms with E-state index < -0.39 is 0 Å². The highest BCUT2D eigenvalue weighted by atomic mass is 127. The van der Waals surface area contributed by atoms with E-state index in [1.807, 2.05) is 38.0 Å². The lowest BCUT2D eigenvalue weighted by molar-refractivity contribution is -0.0979. The Hall–Kier alpha value is -1.22. The summed E-state index contributed by atoms with van der Waals surface area (Å²) in [7, 11) is 0. The maximum absolute atomic E-state index is 8.00. The number of ether oxygens (including phenoxy) is 1. The van der Waals surface area contributed by atoms with Gasteiger partial charge in [-0.25, -0.2) is 0 Å². The fourth-order valence-electron chi connectivity index (χ4n) is 0.702. The molecule has 1 rings (SSSR count). The van der Waals surface area contributed by atoms with Crippen molar-refractivity contribution in [1.82, 2.24) is 0 Å². The summed E-state index contributed by atoms with van der Waals surface area (Å²) < 4.78 is 9.48. The van der Waals surface area contributed by atoms with Crippen molar-refractivity contribution < 1.29 is 12.6 Å². The summed E-state index contributed by atoms with van der Waals surface area (Å²) in [6, 6.07) is 7.64. The van der Waals surface area contributed by atoms with E-state index in [2.05, 4.69) is 15.3 Å². The van der Waals surface area contributed by atoms with Crippen LogP contribution in [0.5, 0.6) is 5.75 Å². The molecule has 1 aromatic rings. The van der Waals surface area contributed by atoms with Crippen molar-refractivity contribution in [3.63, 3.8) is 0 Å². The number of benzene rings is 1. The van der Waals surface area contributed by atoms with Gasteiger partial charge in [-0.2, -0.15) is 0 Å². The van der Waals surface area contributed by atoms with E-state index in [1.165, 1.54) is 5.56 Å². The minimum absolute atomic E-state index is 0.724. The molecule has 0 spiro atoms. The molecule has 0 aliphatic heterocycles. The number of hydrogen-bond donors (Lipinski definition) is 0. The molecule has 0 unspecified atom stereocenters. The van der Waals surface area contributed by atoms with Crippen molar-refractivity contribution in [2.75, 3.05) is 0 Å². The van der Waals surface area contributed by atoms with E-state index in [0.29, 0.717) is 0 Å². The minimum atomic E-state index is 0.724. The maximum atomic E-state index is 8.00. The first kappa shape index (κ1) is 12.8. The summed E-state index contributed by atoms with van der Waals surface area (Å²) in [6.07, 6.45) is 4.72. The fourth-order valence-corrected chi connectivity index (χ4v) is 0.792. The molecular formula is C10H9IO3. The van der Waals surface area contributed by atoms with Gasteiger partial charge in [-0.1, -0.05) is 17.7 Å². The summed E-state index contributed by atoms with van der Waals surface area (Å²) >= 11 is 1.68. The smallest absolute Gasteiger partial charge is 0.208 e. The van der Waals surface area contributed by atoms with Crippen molar-refractivity contribution in [2.24, 2.45) is 0 Å². The molecular weight excluding hydrogens is 295 g/mol. The summed E-state index contributed by atoms with van der Waals surface area (Å²) in [5.74, 6) is 0.724. The van der Waals surface area contributed by atoms with Crippen LogP contribution in [-0.2, 0) is 7.86 Å². The third-order valence-corrected chi connectivity index (χ3v) is 1.49. The van der Waals surface area contributed by atoms with Gasteiger partial charge in [0.25, 0.3) is 0 Å². The van der Waals surface area contributed by atoms with Crippen LogP contribution in [0.4, 0.5) is 0 Å². The maximum Gasteiger partial charge on any atom is 0.208 e. The molecule has 0 aliphatic carbocycles. The van der Waals surface area contributed by atoms with Gasteiger partial charge in [0, 0.05) is 0 Å². The zero-order valence-corrected chi connectivity index (χ0v) is 9.78. The number of aryl methyl sites for hydroxylation is 1. The average Bonchev–Trinajstić information content (AvgIpc) is 2.24. The van der Waals surface area contributed by atoms with Gasteiger partial charge in [0.2, 0.25) is 23.0 Å². The van der Waals surface area contributed by atoms with Crippen LogP contribution in [0.25, 0.3) is 0 Å². The van der Waals surface area contributed by atoms with E-state index in [9.17, 15) is 0 Å². The first-order chi connectivity index (χ1) is 6.83. The third-order valence-electron chi connectivity index (χ3n) is 1.27. The van der Waals surface area contributed by atoms with Crippen LogP contribution in [0.2, 0.25) is 0 Å². The summed E-state index contributed by atoms with van der Waals surface area (Å²) in [4.78, 5) is 8.00. The lowest BCUT2D eigenvalue weighted by atomic mass is 10.2. The Labute approximate surface area is 97.1 Å². The standard InChI is InChI=1S/C9H7IO2.CH2O/c1-8-2-4-9(5-3-8)11-6-7-12-10;1-2/h2-5H,1H3;1H2. The highest BCUT2D eigenvalue weighted by Gasteiger charge is 1.88. The number of carbonyl (C=O) groups is 1. The van der Waals surface area contributed by atoms with Crippen LogP contribution in [0.3, 0.4) is 0 Å². The number of carbonyl (C=O) groups excluding carboxylic acids is 1. The monoisotopic (exact) mass is 304 g/mol. The van der Waals surface area contributed by atoms with Crippen LogP contribution in [0.1, 0.15) is 5.56 Å². The second-order valence-corrected chi connectivity index (χ2v) is 2.64. The highest BCUT2D eigenvalue weighted by Crippen LogP contribution is 2.10. The molecule has 0 fully saturated rings. The van der Waals surface area contributed by atoms with Gasteiger partial charge < -0.3 is 12.6 Å².